The first-order chi connectivity index (χ1) is 8.33. The number of fused-ring (bicyclic) bond motifs is 1. The summed E-state index contributed by atoms with van der Waals surface area (Å²) < 4.78 is 0. The highest BCUT2D eigenvalue weighted by Crippen LogP contribution is 2.46. The Morgan fingerprint density at radius 1 is 0.882 bits per heavy atom. The summed E-state index contributed by atoms with van der Waals surface area (Å²) in [4.78, 5) is 3.81. The first-order valence-electron chi connectivity index (χ1n) is 5.22. The molecule has 2 aromatic carbocycles. The molecule has 0 spiro atoms. The lowest BCUT2D eigenvalue weighted by Crippen LogP contribution is -1.86. The van der Waals surface area contributed by atoms with Gasteiger partial charge in [-0.05, 0) is 29.2 Å². The first kappa shape index (κ1) is 11.3. The molecule has 0 aliphatic carbocycles. The van der Waals surface area contributed by atoms with Gasteiger partial charge in [-0.1, -0.05) is 65.5 Å². The molecule has 0 fully saturated rings. The molecule has 3 rings (SSSR count). The van der Waals surface area contributed by atoms with Crippen molar-refractivity contribution in [1.82, 2.24) is 0 Å². The summed E-state index contributed by atoms with van der Waals surface area (Å²) in [5.41, 5.74) is 1.27. The van der Waals surface area contributed by atoms with E-state index in [1.807, 2.05) is 18.2 Å². The molecule has 1 heterocycles. The normalized spacial score (nSPS) is 14.1. The second-order valence-electron chi connectivity index (χ2n) is 3.66. The summed E-state index contributed by atoms with van der Waals surface area (Å²) in [5, 5.41) is 2.99. The van der Waals surface area contributed by atoms with Crippen molar-refractivity contribution < 1.29 is 0 Å². The minimum atomic E-state index is 0.799. The quantitative estimate of drug-likeness (QED) is 0.671. The van der Waals surface area contributed by atoms with E-state index in [-0.39, 0.29) is 0 Å². The number of halogens is 1. The highest BCUT2D eigenvalue weighted by molar-refractivity contribution is 8.12. The number of hydrogen-bond donors (Lipinski definition) is 0. The zero-order valence-electron chi connectivity index (χ0n) is 8.89. The van der Waals surface area contributed by atoms with E-state index in [9.17, 15) is 0 Å². The van der Waals surface area contributed by atoms with Gasteiger partial charge < -0.3 is 0 Å². The van der Waals surface area contributed by atoms with Crippen molar-refractivity contribution in [3.8, 4) is 0 Å². The number of rotatable bonds is 1. The molecule has 0 saturated heterocycles. The van der Waals surface area contributed by atoms with Gasteiger partial charge in [0.1, 0.15) is 0 Å². The van der Waals surface area contributed by atoms with Crippen LogP contribution in [0.25, 0.3) is 4.91 Å². The van der Waals surface area contributed by atoms with E-state index in [4.69, 9.17) is 11.6 Å². The van der Waals surface area contributed by atoms with Gasteiger partial charge in [-0.3, -0.25) is 0 Å². The fourth-order valence-electron chi connectivity index (χ4n) is 1.65. The molecule has 0 nitrogen and oxygen atoms in total. The fourth-order valence-corrected chi connectivity index (χ4v) is 4.03. The van der Waals surface area contributed by atoms with Gasteiger partial charge in [0.05, 0.1) is 0 Å². The summed E-state index contributed by atoms with van der Waals surface area (Å²) in [6.45, 7) is 0. The molecular weight excluding hydrogens is 268 g/mol. The van der Waals surface area contributed by atoms with E-state index in [2.05, 4.69) is 35.7 Å². The van der Waals surface area contributed by atoms with E-state index in [1.165, 1.54) is 20.3 Å². The van der Waals surface area contributed by atoms with Gasteiger partial charge in [0.2, 0.25) is 0 Å². The zero-order valence-corrected chi connectivity index (χ0v) is 11.3. The van der Waals surface area contributed by atoms with Gasteiger partial charge in [0.15, 0.2) is 0 Å². The lowest BCUT2D eigenvalue weighted by atomic mass is 10.2. The van der Waals surface area contributed by atoms with Gasteiger partial charge in [0, 0.05) is 19.7 Å². The van der Waals surface area contributed by atoms with E-state index in [0.717, 1.165) is 5.02 Å². The largest absolute Gasteiger partial charge is 0.0956 e. The lowest BCUT2D eigenvalue weighted by Gasteiger charge is -2.16. The second kappa shape index (κ2) is 4.81. The SMILES string of the molecule is Clc1ccc2c(c1)SC=C(c1ccccc1)S2. The average molecular weight is 277 g/mol. The monoisotopic (exact) mass is 276 g/mol. The van der Waals surface area contributed by atoms with Gasteiger partial charge in [-0.2, -0.15) is 0 Å². The highest BCUT2D eigenvalue weighted by Gasteiger charge is 2.13. The maximum Gasteiger partial charge on any atom is 0.0418 e. The molecule has 84 valence electrons. The van der Waals surface area contributed by atoms with Gasteiger partial charge >= 0.3 is 0 Å². The second-order valence-corrected chi connectivity index (χ2v) is 6.09. The molecule has 0 bridgehead atoms. The predicted molar refractivity (Wildman–Crippen MR) is 77.6 cm³/mol. The first-order valence-corrected chi connectivity index (χ1v) is 7.30. The summed E-state index contributed by atoms with van der Waals surface area (Å²) in [6, 6.07) is 16.5. The van der Waals surface area contributed by atoms with Crippen LogP contribution in [0.1, 0.15) is 5.56 Å². The van der Waals surface area contributed by atoms with Crippen molar-refractivity contribution in [2.24, 2.45) is 0 Å². The summed E-state index contributed by atoms with van der Waals surface area (Å²) in [6.07, 6.45) is 0. The Bertz CT molecular complexity index is 576. The molecule has 0 saturated carbocycles. The maximum absolute atomic E-state index is 5.99. The third-order valence-electron chi connectivity index (χ3n) is 2.48. The van der Waals surface area contributed by atoms with Crippen LogP contribution in [0.2, 0.25) is 5.02 Å². The smallest absolute Gasteiger partial charge is 0.0418 e. The van der Waals surface area contributed by atoms with Crippen molar-refractivity contribution in [2.75, 3.05) is 0 Å². The van der Waals surface area contributed by atoms with Crippen LogP contribution >= 0.6 is 35.1 Å². The van der Waals surface area contributed by atoms with Crippen LogP contribution in [-0.2, 0) is 0 Å². The molecule has 0 amide bonds. The predicted octanol–water partition coefficient (Wildman–Crippen LogP) is 5.54. The lowest BCUT2D eigenvalue weighted by molar-refractivity contribution is 1.26. The number of benzene rings is 2. The molecule has 0 atom stereocenters. The zero-order chi connectivity index (χ0) is 11.7. The Hall–Kier alpha value is -0.830. The van der Waals surface area contributed by atoms with Gasteiger partial charge in [-0.25, -0.2) is 0 Å². The summed E-state index contributed by atoms with van der Waals surface area (Å²) in [5.74, 6) is 0. The van der Waals surface area contributed by atoms with Crippen molar-refractivity contribution in [2.45, 2.75) is 9.79 Å². The molecule has 0 unspecified atom stereocenters. The van der Waals surface area contributed by atoms with Crippen LogP contribution in [0.4, 0.5) is 0 Å². The third-order valence-corrected chi connectivity index (χ3v) is 5.09. The van der Waals surface area contributed by atoms with Crippen molar-refractivity contribution in [3.63, 3.8) is 0 Å². The molecule has 17 heavy (non-hydrogen) atoms. The Morgan fingerprint density at radius 2 is 1.71 bits per heavy atom. The molecule has 1 aliphatic rings. The minimum Gasteiger partial charge on any atom is -0.0956 e. The number of thioether (sulfide) groups is 2. The van der Waals surface area contributed by atoms with Crippen LogP contribution in [0.5, 0.6) is 0 Å². The standard InChI is InChI=1S/C14H9ClS2/c15-11-6-7-12-13(8-11)16-9-14(17-12)10-4-2-1-3-5-10/h1-9H. The minimum absolute atomic E-state index is 0.799. The van der Waals surface area contributed by atoms with Gasteiger partial charge in [0.25, 0.3) is 0 Å². The van der Waals surface area contributed by atoms with E-state index in [0.29, 0.717) is 0 Å². The van der Waals surface area contributed by atoms with Crippen LogP contribution in [0, 0.1) is 0 Å². The maximum atomic E-state index is 5.99. The van der Waals surface area contributed by atoms with Crippen LogP contribution in [0.3, 0.4) is 0 Å². The molecule has 1 aliphatic heterocycles. The fraction of sp³-hybridized carbons (Fsp3) is 0. The third kappa shape index (κ3) is 2.39. The Labute approximate surface area is 114 Å². The van der Waals surface area contributed by atoms with Crippen molar-refractivity contribution in [3.05, 3.63) is 64.5 Å². The Morgan fingerprint density at radius 3 is 2.53 bits per heavy atom. The molecule has 3 heteroatoms. The Kier molecular flexibility index (Phi) is 3.19. The van der Waals surface area contributed by atoms with Crippen LogP contribution in [0.15, 0.2) is 63.7 Å². The van der Waals surface area contributed by atoms with E-state index >= 15 is 0 Å². The number of hydrogen-bond acceptors (Lipinski definition) is 2. The van der Waals surface area contributed by atoms with Crippen LogP contribution in [-0.4, -0.2) is 0 Å². The molecule has 0 radical (unpaired) electrons. The van der Waals surface area contributed by atoms with E-state index in [1.54, 1.807) is 23.5 Å². The van der Waals surface area contributed by atoms with Crippen molar-refractivity contribution >= 4 is 40.0 Å². The average Bonchev–Trinajstić information content (AvgIpc) is 2.39. The van der Waals surface area contributed by atoms with E-state index < -0.39 is 0 Å². The van der Waals surface area contributed by atoms with Crippen molar-refractivity contribution in [1.29, 1.82) is 0 Å². The van der Waals surface area contributed by atoms with Crippen LogP contribution < -0.4 is 0 Å². The molecule has 0 N–H and O–H groups in total. The van der Waals surface area contributed by atoms with Gasteiger partial charge in [-0.15, -0.1) is 0 Å². The summed E-state index contributed by atoms with van der Waals surface area (Å²) >= 11 is 9.53. The topological polar surface area (TPSA) is 0 Å². The molecule has 2 aromatic rings. The Balaban J connectivity index is 1.95. The highest BCUT2D eigenvalue weighted by atomic mass is 35.5. The molecule has 0 aromatic heterocycles. The molecular formula is C14H9ClS2. The summed E-state index contributed by atoms with van der Waals surface area (Å²) in [7, 11) is 0.